The topological polar surface area (TPSA) is 110 Å². The number of halogens is 6. The third kappa shape index (κ3) is 5.17. The van der Waals surface area contributed by atoms with E-state index in [0.717, 1.165) is 51.4 Å². The number of fused-ring (bicyclic) bond motifs is 7. The van der Waals surface area contributed by atoms with Crippen molar-refractivity contribution < 1.29 is 56.6 Å². The van der Waals surface area contributed by atoms with Crippen LogP contribution in [0.4, 0.5) is 26.3 Å². The molecule has 280 valence electrons. The van der Waals surface area contributed by atoms with Gasteiger partial charge in [0.05, 0.1) is 6.10 Å². The van der Waals surface area contributed by atoms with Crippen molar-refractivity contribution in [1.82, 2.24) is 0 Å². The zero-order chi connectivity index (χ0) is 36.3. The molecule has 0 amide bonds. The number of hydrogen-bond acceptors (Lipinski definition) is 6. The molecule has 5 aliphatic rings. The van der Waals surface area contributed by atoms with Crippen molar-refractivity contribution in [1.29, 1.82) is 0 Å². The van der Waals surface area contributed by atoms with E-state index in [1.807, 2.05) is 13.8 Å². The van der Waals surface area contributed by atoms with Gasteiger partial charge in [0.25, 0.3) is 0 Å². The molecule has 6 nitrogen and oxygen atoms in total. The first kappa shape index (κ1) is 38.6. The zero-order valence-corrected chi connectivity index (χ0v) is 29.5. The summed E-state index contributed by atoms with van der Waals surface area (Å²) in [6.45, 7) is 15.5. The van der Waals surface area contributed by atoms with Crippen molar-refractivity contribution in [3.05, 3.63) is 0 Å². The molecule has 0 aromatic carbocycles. The normalized spacial score (nSPS) is 43.9. The van der Waals surface area contributed by atoms with Crippen LogP contribution in [-0.4, -0.2) is 62.9 Å². The summed E-state index contributed by atoms with van der Waals surface area (Å²) < 4.78 is 88.4. The van der Waals surface area contributed by atoms with E-state index in [4.69, 9.17) is 4.74 Å². The van der Waals surface area contributed by atoms with E-state index in [2.05, 4.69) is 34.6 Å². The highest BCUT2D eigenvalue weighted by Gasteiger charge is 2.76. The van der Waals surface area contributed by atoms with E-state index in [-0.39, 0.29) is 28.1 Å². The monoisotopic (exact) mass is 700 g/mol. The average Bonchev–Trinajstić information content (AvgIpc) is 3.34. The number of alkyl halides is 6. The van der Waals surface area contributed by atoms with Crippen molar-refractivity contribution in [3.8, 4) is 0 Å². The van der Waals surface area contributed by atoms with Crippen LogP contribution in [-0.2, 0) is 4.74 Å². The van der Waals surface area contributed by atoms with E-state index in [1.54, 1.807) is 0 Å². The van der Waals surface area contributed by atoms with Crippen LogP contribution >= 0.6 is 0 Å². The predicted molar refractivity (Wildman–Crippen MR) is 165 cm³/mol. The highest BCUT2D eigenvalue weighted by molar-refractivity contribution is 5.20. The maximum Gasteiger partial charge on any atom is 0.408 e. The maximum absolute atomic E-state index is 13.8. The molecule has 0 aromatic heterocycles. The van der Waals surface area contributed by atoms with E-state index in [1.165, 1.54) is 0 Å². The number of aliphatic hydroxyl groups is 5. The second kappa shape index (κ2) is 11.9. The molecular formula is C36H58F6O6. The first-order chi connectivity index (χ1) is 21.8. The van der Waals surface area contributed by atoms with Crippen LogP contribution in [0, 0.1) is 68.0 Å². The van der Waals surface area contributed by atoms with Gasteiger partial charge >= 0.3 is 12.4 Å². The van der Waals surface area contributed by atoms with Gasteiger partial charge in [-0.3, -0.25) is 0 Å². The third-order valence-corrected chi connectivity index (χ3v) is 16.1. The Bertz CT molecular complexity index is 1170. The lowest BCUT2D eigenvalue weighted by molar-refractivity contribution is -0.407. The van der Waals surface area contributed by atoms with Crippen molar-refractivity contribution in [3.63, 3.8) is 0 Å². The van der Waals surface area contributed by atoms with Gasteiger partial charge < -0.3 is 30.3 Å². The number of hydrogen-bond donors (Lipinski definition) is 5. The number of rotatable bonds is 7. The molecule has 8 unspecified atom stereocenters. The molecular weight excluding hydrogens is 642 g/mol. The van der Waals surface area contributed by atoms with Crippen molar-refractivity contribution in [2.75, 3.05) is 0 Å². The van der Waals surface area contributed by atoms with Gasteiger partial charge in [0.2, 0.25) is 5.41 Å². The van der Waals surface area contributed by atoms with Gasteiger partial charge in [0, 0.05) is 11.8 Å². The lowest BCUT2D eigenvalue weighted by Crippen LogP contribution is -2.67. The zero-order valence-electron chi connectivity index (χ0n) is 29.5. The summed E-state index contributed by atoms with van der Waals surface area (Å²) in [5.41, 5.74) is -6.45. The molecule has 0 saturated heterocycles. The summed E-state index contributed by atoms with van der Waals surface area (Å²) in [6, 6.07) is 0. The van der Waals surface area contributed by atoms with Crippen LogP contribution in [0.25, 0.3) is 0 Å². The van der Waals surface area contributed by atoms with Crippen LogP contribution in [0.5, 0.6) is 0 Å². The largest absolute Gasteiger partial charge is 0.408 e. The minimum atomic E-state index is -6.10. The molecule has 5 fully saturated rings. The van der Waals surface area contributed by atoms with Crippen molar-refractivity contribution >= 4 is 0 Å². The molecule has 0 heterocycles. The summed E-state index contributed by atoms with van der Waals surface area (Å²) in [5.74, 6) is 1.73. The molecule has 48 heavy (non-hydrogen) atoms. The second-order valence-corrected chi connectivity index (χ2v) is 18.2. The Morgan fingerprint density at radius 2 is 1.29 bits per heavy atom. The Morgan fingerprint density at radius 1 is 0.688 bits per heavy atom. The second-order valence-electron chi connectivity index (χ2n) is 18.2. The molecule has 12 heteroatoms. The molecule has 0 aromatic rings. The summed E-state index contributed by atoms with van der Waals surface area (Å²) in [6.07, 6.45) is -14.8. The highest BCUT2D eigenvalue weighted by atomic mass is 19.4. The van der Waals surface area contributed by atoms with Crippen LogP contribution < -0.4 is 0 Å². The van der Waals surface area contributed by atoms with Crippen LogP contribution in [0.15, 0.2) is 0 Å². The van der Waals surface area contributed by atoms with Gasteiger partial charge in [0.15, 0.2) is 18.9 Å². The molecule has 0 aliphatic heterocycles. The Morgan fingerprint density at radius 3 is 1.81 bits per heavy atom. The van der Waals surface area contributed by atoms with Crippen molar-refractivity contribution in [2.24, 2.45) is 68.0 Å². The van der Waals surface area contributed by atoms with E-state index >= 15 is 0 Å². The fourth-order valence-electron chi connectivity index (χ4n) is 13.4. The highest BCUT2D eigenvalue weighted by Crippen LogP contribution is 2.78. The predicted octanol–water partition coefficient (Wildman–Crippen LogP) is 7.55. The maximum atomic E-state index is 13.8. The van der Waals surface area contributed by atoms with Gasteiger partial charge in [-0.25, -0.2) is 0 Å². The summed E-state index contributed by atoms with van der Waals surface area (Å²) in [7, 11) is 0. The summed E-state index contributed by atoms with van der Waals surface area (Å²) >= 11 is 0. The standard InChI is InChI=1S/C36H58F6O6/c1-19(2)20-10-15-33(27(44)45)17-16-31(6)21(26(20)33)8-9-23-30(5)13-12-24(29(3,4)22(30)11-14-32(23,31)7)48-25(43)18-34(28(46)47,35(37,38)39)36(40,41)42/h19-28,43-47H,8-18H2,1-7H3/t20?,21-,22?,23+,24?,25?,26+,30?,31?,32?,33?/m0/s1. The first-order valence-electron chi connectivity index (χ1n) is 18.0. The minimum absolute atomic E-state index is 0.0180. The van der Waals surface area contributed by atoms with Crippen LogP contribution in [0.2, 0.25) is 0 Å². The third-order valence-electron chi connectivity index (χ3n) is 16.1. The molecule has 0 radical (unpaired) electrons. The van der Waals surface area contributed by atoms with Gasteiger partial charge in [-0.05, 0) is 121 Å². The number of aliphatic hydroxyl groups excluding tert-OH is 3. The lowest BCUT2D eigenvalue weighted by atomic mass is 9.32. The SMILES string of the molecule is CC(C)C1CCC2(C(O)O)CCC3(C)[C@@H](CC[C@@H]4C5(C)CCC(OC(O)CC(C(O)O)(C(F)(F)F)C(F)(F)F)C(C)(C)C5CCC43C)[C@@H]12. The molecule has 5 aliphatic carbocycles. The van der Waals surface area contributed by atoms with Gasteiger partial charge in [-0.2, -0.15) is 26.3 Å². The Balaban J connectivity index is 1.40. The Kier molecular flexibility index (Phi) is 9.59. The molecule has 5 saturated carbocycles. The molecule has 0 bridgehead atoms. The van der Waals surface area contributed by atoms with Crippen molar-refractivity contribution in [2.45, 2.75) is 156 Å². The van der Waals surface area contributed by atoms with Gasteiger partial charge in [-0.1, -0.05) is 48.5 Å². The summed E-state index contributed by atoms with van der Waals surface area (Å²) in [4.78, 5) is 0. The number of ether oxygens (including phenoxy) is 1. The van der Waals surface area contributed by atoms with Gasteiger partial charge in [-0.15, -0.1) is 0 Å². The fourth-order valence-corrected chi connectivity index (χ4v) is 13.4. The quantitative estimate of drug-likeness (QED) is 0.139. The lowest BCUT2D eigenvalue weighted by Gasteiger charge is -2.73. The van der Waals surface area contributed by atoms with Crippen LogP contribution in [0.1, 0.15) is 119 Å². The van der Waals surface area contributed by atoms with E-state index in [0.29, 0.717) is 36.5 Å². The van der Waals surface area contributed by atoms with Gasteiger partial charge in [0.1, 0.15) is 0 Å². The molecule has 5 N–H and O–H groups in total. The first-order valence-corrected chi connectivity index (χ1v) is 18.0. The fraction of sp³-hybridized carbons (Fsp3) is 1.00. The van der Waals surface area contributed by atoms with Crippen LogP contribution in [0.3, 0.4) is 0 Å². The Hall–Kier alpha value is -0.660. The Labute approximate surface area is 281 Å². The molecule has 5 rings (SSSR count). The van der Waals surface area contributed by atoms with E-state index in [9.17, 15) is 51.9 Å². The van der Waals surface area contributed by atoms with E-state index < -0.39 is 60.0 Å². The smallest absolute Gasteiger partial charge is 0.368 e. The molecule has 0 spiro atoms. The average molecular weight is 701 g/mol. The molecule has 11 atom stereocenters. The summed E-state index contributed by atoms with van der Waals surface area (Å²) in [5, 5.41) is 51.0. The minimum Gasteiger partial charge on any atom is -0.368 e.